The van der Waals surface area contributed by atoms with Crippen LogP contribution in [0.4, 0.5) is 0 Å². The van der Waals surface area contributed by atoms with Gasteiger partial charge < -0.3 is 4.90 Å². The van der Waals surface area contributed by atoms with Gasteiger partial charge in [-0.05, 0) is 93.9 Å². The molecular weight excluding hydrogens is 414 g/mol. The molecular formula is C31H47N3. The van der Waals surface area contributed by atoms with Crippen LogP contribution in [-0.4, -0.2) is 23.7 Å². The van der Waals surface area contributed by atoms with Crippen LogP contribution in [0.1, 0.15) is 99.8 Å². The second kappa shape index (κ2) is 10.3. The number of rotatable bonds is 7. The maximum Gasteiger partial charge on any atom is 0.0991 e. The lowest BCUT2D eigenvalue weighted by Gasteiger charge is -2.46. The van der Waals surface area contributed by atoms with Crippen molar-refractivity contribution in [2.24, 2.45) is 27.7 Å². The molecule has 3 aliphatic carbocycles. The predicted octanol–water partition coefficient (Wildman–Crippen LogP) is 8.38. The summed E-state index contributed by atoms with van der Waals surface area (Å²) in [5, 5.41) is 9.77. The molecule has 34 heavy (non-hydrogen) atoms. The lowest BCUT2D eigenvalue weighted by Crippen LogP contribution is -2.44. The molecule has 2 unspecified atom stereocenters. The van der Waals surface area contributed by atoms with E-state index < -0.39 is 0 Å². The molecule has 3 heteroatoms. The maximum atomic E-state index is 9.77. The molecule has 3 nitrogen and oxygen atoms in total. The Balaban J connectivity index is 1.98. The highest BCUT2D eigenvalue weighted by atomic mass is 15.2. The van der Waals surface area contributed by atoms with Gasteiger partial charge in [0.2, 0.25) is 0 Å². The Labute approximate surface area is 209 Å². The summed E-state index contributed by atoms with van der Waals surface area (Å²) in [6.07, 6.45) is 18.5. The van der Waals surface area contributed by atoms with Crippen molar-refractivity contribution in [3.8, 4) is 6.07 Å². The number of hydrogen-bond donors (Lipinski definition) is 0. The van der Waals surface area contributed by atoms with Gasteiger partial charge in [-0.25, -0.2) is 0 Å². The van der Waals surface area contributed by atoms with E-state index in [2.05, 4.69) is 88.6 Å². The van der Waals surface area contributed by atoms with Crippen molar-refractivity contribution in [1.29, 1.82) is 5.26 Å². The van der Waals surface area contributed by atoms with Gasteiger partial charge >= 0.3 is 0 Å². The molecule has 1 fully saturated rings. The average Bonchev–Trinajstić information content (AvgIpc) is 2.76. The van der Waals surface area contributed by atoms with Crippen LogP contribution in [0.5, 0.6) is 0 Å². The summed E-state index contributed by atoms with van der Waals surface area (Å²) in [4.78, 5) is 7.11. The summed E-state index contributed by atoms with van der Waals surface area (Å²) < 4.78 is 0. The van der Waals surface area contributed by atoms with E-state index in [0.717, 1.165) is 48.6 Å². The van der Waals surface area contributed by atoms with E-state index in [0.29, 0.717) is 16.7 Å². The molecule has 0 spiro atoms. The Morgan fingerprint density at radius 2 is 1.88 bits per heavy atom. The van der Waals surface area contributed by atoms with E-state index in [1.807, 2.05) is 6.92 Å². The average molecular weight is 462 g/mol. The van der Waals surface area contributed by atoms with Crippen LogP contribution in [0, 0.1) is 34.0 Å². The van der Waals surface area contributed by atoms with Crippen molar-refractivity contribution in [2.75, 3.05) is 6.54 Å². The van der Waals surface area contributed by atoms with E-state index in [1.165, 1.54) is 37.7 Å². The van der Waals surface area contributed by atoms with E-state index >= 15 is 0 Å². The van der Waals surface area contributed by atoms with Crippen LogP contribution >= 0.6 is 0 Å². The highest BCUT2D eigenvalue weighted by Gasteiger charge is 2.40. The Kier molecular flexibility index (Phi) is 8.01. The molecule has 0 radical (unpaired) electrons. The fraction of sp³-hybridized carbons (Fsp3) is 0.677. The topological polar surface area (TPSA) is 39.4 Å². The minimum atomic E-state index is -0.247. The fourth-order valence-corrected chi connectivity index (χ4v) is 6.81. The SMILES string of the molecule is C=N/C(=C\N(CC1=CCC(CC)CC1)C1(C)C=C(C#N)C(C)=CC1)C1CC(C)(C)CC(C)(C)C1. The third kappa shape index (κ3) is 6.32. The lowest BCUT2D eigenvalue weighted by atomic mass is 9.61. The number of allylic oxidation sites excluding steroid dienone is 4. The van der Waals surface area contributed by atoms with E-state index in [-0.39, 0.29) is 5.54 Å². The quantitative estimate of drug-likeness (QED) is 0.282. The zero-order valence-electron chi connectivity index (χ0n) is 22.9. The maximum absolute atomic E-state index is 9.77. The highest BCUT2D eigenvalue weighted by Crippen LogP contribution is 2.50. The molecule has 2 atom stereocenters. The molecule has 0 aliphatic heterocycles. The molecule has 0 aromatic heterocycles. The number of hydrogen-bond acceptors (Lipinski definition) is 3. The summed E-state index contributed by atoms with van der Waals surface area (Å²) in [6, 6.07) is 2.43. The van der Waals surface area contributed by atoms with Gasteiger partial charge in [-0.3, -0.25) is 4.99 Å². The molecule has 0 aromatic rings. The largest absolute Gasteiger partial charge is 0.363 e. The van der Waals surface area contributed by atoms with Crippen molar-refractivity contribution >= 4 is 6.72 Å². The van der Waals surface area contributed by atoms with Crippen LogP contribution in [-0.2, 0) is 0 Å². The van der Waals surface area contributed by atoms with Crippen molar-refractivity contribution < 1.29 is 0 Å². The summed E-state index contributed by atoms with van der Waals surface area (Å²) >= 11 is 0. The van der Waals surface area contributed by atoms with Crippen LogP contribution in [0.25, 0.3) is 0 Å². The van der Waals surface area contributed by atoms with Crippen LogP contribution in [0.3, 0.4) is 0 Å². The summed E-state index contributed by atoms with van der Waals surface area (Å²) in [6.45, 7) is 21.1. The first-order valence-corrected chi connectivity index (χ1v) is 13.3. The Morgan fingerprint density at radius 3 is 2.41 bits per heavy atom. The van der Waals surface area contributed by atoms with Gasteiger partial charge in [0.15, 0.2) is 0 Å². The first-order valence-electron chi connectivity index (χ1n) is 13.3. The summed E-state index contributed by atoms with van der Waals surface area (Å²) in [5.41, 5.74) is 4.86. The number of nitriles is 1. The lowest BCUT2D eigenvalue weighted by molar-refractivity contribution is 0.0801. The third-order valence-corrected chi connectivity index (χ3v) is 8.49. The molecule has 0 saturated heterocycles. The molecule has 0 heterocycles. The molecule has 0 aromatic carbocycles. The van der Waals surface area contributed by atoms with Crippen molar-refractivity contribution in [2.45, 2.75) is 105 Å². The molecule has 3 rings (SSSR count). The van der Waals surface area contributed by atoms with E-state index in [4.69, 9.17) is 0 Å². The van der Waals surface area contributed by atoms with Gasteiger partial charge in [-0.1, -0.05) is 58.8 Å². The van der Waals surface area contributed by atoms with Crippen molar-refractivity contribution in [1.82, 2.24) is 4.90 Å². The zero-order chi connectivity index (χ0) is 25.1. The van der Waals surface area contributed by atoms with Gasteiger partial charge in [-0.2, -0.15) is 5.26 Å². The van der Waals surface area contributed by atoms with E-state index in [9.17, 15) is 5.26 Å². The first-order chi connectivity index (χ1) is 15.9. The van der Waals surface area contributed by atoms with Gasteiger partial charge in [0.05, 0.1) is 22.9 Å². The Morgan fingerprint density at radius 1 is 1.21 bits per heavy atom. The molecule has 1 saturated carbocycles. The Hall–Kier alpha value is -2.08. The molecule has 0 N–H and O–H groups in total. The molecule has 0 bridgehead atoms. The minimum Gasteiger partial charge on any atom is -0.363 e. The van der Waals surface area contributed by atoms with Crippen molar-refractivity contribution in [3.63, 3.8) is 0 Å². The molecule has 0 amide bonds. The standard InChI is InChI=1S/C31H47N3/c1-9-24-10-12-25(13-11-24)20-34(31(7)15-14-23(2)27(18-31)19-32)21-28(33-8)26-16-29(3,4)22-30(5,6)17-26/h12,14,18,21,24,26H,8-11,13,15-17,20,22H2,1-7H3/b28-21-. The second-order valence-electron chi connectivity index (χ2n) is 13.0. The van der Waals surface area contributed by atoms with E-state index in [1.54, 1.807) is 0 Å². The normalized spacial score (nSPS) is 29.4. The highest BCUT2D eigenvalue weighted by molar-refractivity contribution is 5.46. The number of aliphatic imine (C=N–C) groups is 1. The van der Waals surface area contributed by atoms with Gasteiger partial charge in [0.1, 0.15) is 0 Å². The minimum absolute atomic E-state index is 0.247. The van der Waals surface area contributed by atoms with Crippen molar-refractivity contribution in [3.05, 3.63) is 46.8 Å². The Bertz CT molecular complexity index is 920. The fourth-order valence-electron chi connectivity index (χ4n) is 6.81. The van der Waals surface area contributed by atoms with Crippen LogP contribution in [0.15, 0.2) is 51.8 Å². The van der Waals surface area contributed by atoms with Gasteiger partial charge in [-0.15, -0.1) is 0 Å². The van der Waals surface area contributed by atoms with Crippen LogP contribution < -0.4 is 0 Å². The third-order valence-electron chi connectivity index (χ3n) is 8.49. The number of nitrogens with zero attached hydrogens (tertiary/aromatic N) is 3. The molecule has 186 valence electrons. The summed E-state index contributed by atoms with van der Waals surface area (Å²) in [7, 11) is 0. The second-order valence-corrected chi connectivity index (χ2v) is 13.0. The smallest absolute Gasteiger partial charge is 0.0991 e. The monoisotopic (exact) mass is 461 g/mol. The van der Waals surface area contributed by atoms with Crippen LogP contribution in [0.2, 0.25) is 0 Å². The van der Waals surface area contributed by atoms with Gasteiger partial charge in [0, 0.05) is 18.7 Å². The summed E-state index contributed by atoms with van der Waals surface area (Å²) in [5.74, 6) is 1.23. The predicted molar refractivity (Wildman–Crippen MR) is 145 cm³/mol. The zero-order valence-corrected chi connectivity index (χ0v) is 22.9. The van der Waals surface area contributed by atoms with Gasteiger partial charge in [0.25, 0.3) is 0 Å². The first kappa shape index (κ1) is 26.5. The molecule has 3 aliphatic rings.